The highest BCUT2D eigenvalue weighted by Crippen LogP contribution is 2.63. The molecule has 1 saturated heterocycles. The van der Waals surface area contributed by atoms with Crippen molar-refractivity contribution in [3.63, 3.8) is 0 Å². The minimum Gasteiger partial charge on any atom is -0.355 e. The Morgan fingerprint density at radius 1 is 1.25 bits per heavy atom. The number of benzene rings is 1. The van der Waals surface area contributed by atoms with E-state index < -0.39 is 6.55 Å². The van der Waals surface area contributed by atoms with Crippen LogP contribution in [0, 0.1) is 18.8 Å². The molecule has 1 aromatic carbocycles. The molecule has 2 fully saturated rings. The molecule has 3 atom stereocenters. The number of H-pyrrole nitrogens is 1. The molecule has 0 radical (unpaired) electrons. The Morgan fingerprint density at radius 2 is 2.06 bits per heavy atom. The van der Waals surface area contributed by atoms with Gasteiger partial charge in [0.2, 0.25) is 0 Å². The van der Waals surface area contributed by atoms with E-state index >= 15 is 0 Å². The first-order chi connectivity index (χ1) is 17.4. The second-order valence-corrected chi connectivity index (χ2v) is 10.6. The standard InChI is InChI=1S/C23H20ClF2N9S/c1-10-8-36-21(30-10)23(9-27)13-6-34(7-14(13)23)16-5-28-19-18(32-33-20(19)31-16)11-2-3-15-12(17(11)24)4-29-35(15)22(25)26/h2-5,8,13-14,22H,6-7,9,27H2,1H3,(H,31,32,33)/t13-,14+,23-. The number of rotatable bonds is 5. The first kappa shape index (κ1) is 22.0. The first-order valence-electron chi connectivity index (χ1n) is 11.5. The molecule has 184 valence electrons. The van der Waals surface area contributed by atoms with Gasteiger partial charge in [-0.05, 0) is 30.9 Å². The molecule has 2 aliphatic rings. The third-order valence-electron chi connectivity index (χ3n) is 7.63. The Morgan fingerprint density at radius 3 is 2.75 bits per heavy atom. The summed E-state index contributed by atoms with van der Waals surface area (Å²) in [4.78, 5) is 16.4. The maximum Gasteiger partial charge on any atom is 0.333 e. The quantitative estimate of drug-likeness (QED) is 0.353. The summed E-state index contributed by atoms with van der Waals surface area (Å²) >= 11 is 8.28. The zero-order valence-electron chi connectivity index (χ0n) is 19.0. The molecule has 0 amide bonds. The van der Waals surface area contributed by atoms with E-state index in [1.54, 1.807) is 29.7 Å². The van der Waals surface area contributed by atoms with Crippen molar-refractivity contribution in [3.05, 3.63) is 45.6 Å². The fourth-order valence-corrected chi connectivity index (χ4v) is 7.19. The highest BCUT2D eigenvalue weighted by Gasteiger charge is 2.69. The molecular weight excluding hydrogens is 508 g/mol. The number of hydrogen-bond donors (Lipinski definition) is 2. The van der Waals surface area contributed by atoms with Crippen LogP contribution < -0.4 is 10.6 Å². The number of hydrogen-bond acceptors (Lipinski definition) is 8. The summed E-state index contributed by atoms with van der Waals surface area (Å²) in [6.45, 7) is 1.55. The summed E-state index contributed by atoms with van der Waals surface area (Å²) in [6.07, 6.45) is 3.07. The monoisotopic (exact) mass is 527 g/mol. The normalized spacial score (nSPS) is 23.3. The van der Waals surface area contributed by atoms with Crippen molar-refractivity contribution in [1.82, 2.24) is 34.9 Å². The molecule has 0 unspecified atom stereocenters. The lowest BCUT2D eigenvalue weighted by Crippen LogP contribution is -2.35. The lowest BCUT2D eigenvalue weighted by Gasteiger charge is -2.25. The summed E-state index contributed by atoms with van der Waals surface area (Å²) in [6, 6.07) is 3.21. The molecular formula is C23H20ClF2N9S. The van der Waals surface area contributed by atoms with E-state index in [0.29, 0.717) is 50.9 Å². The van der Waals surface area contributed by atoms with Crippen molar-refractivity contribution in [3.8, 4) is 11.3 Å². The summed E-state index contributed by atoms with van der Waals surface area (Å²) < 4.78 is 27.0. The summed E-state index contributed by atoms with van der Waals surface area (Å²) in [5, 5.41) is 15.0. The van der Waals surface area contributed by atoms with Gasteiger partial charge in [0, 0.05) is 47.1 Å². The number of piperidine rings is 1. The van der Waals surface area contributed by atoms with Crippen LogP contribution >= 0.6 is 22.9 Å². The van der Waals surface area contributed by atoms with Gasteiger partial charge in [-0.25, -0.2) is 19.6 Å². The topological polar surface area (TPSA) is 114 Å². The van der Waals surface area contributed by atoms with E-state index in [2.05, 4.69) is 30.6 Å². The van der Waals surface area contributed by atoms with Crippen LogP contribution in [0.15, 0.2) is 29.9 Å². The zero-order valence-corrected chi connectivity index (χ0v) is 20.6. The van der Waals surface area contributed by atoms with Gasteiger partial charge in [-0.2, -0.15) is 19.0 Å². The Balaban J connectivity index is 1.18. The van der Waals surface area contributed by atoms with Crippen LogP contribution in [0.1, 0.15) is 17.3 Å². The van der Waals surface area contributed by atoms with E-state index in [4.69, 9.17) is 27.3 Å². The largest absolute Gasteiger partial charge is 0.355 e. The molecule has 1 aliphatic heterocycles. The van der Waals surface area contributed by atoms with Crippen molar-refractivity contribution in [1.29, 1.82) is 0 Å². The number of fused-ring (bicyclic) bond motifs is 3. The van der Waals surface area contributed by atoms with E-state index in [1.165, 1.54) is 6.20 Å². The fourth-order valence-electron chi connectivity index (χ4n) is 5.76. The van der Waals surface area contributed by atoms with E-state index in [-0.39, 0.29) is 16.0 Å². The number of alkyl halides is 2. The van der Waals surface area contributed by atoms with E-state index in [9.17, 15) is 8.78 Å². The number of nitrogens with zero attached hydrogens (tertiary/aromatic N) is 7. The lowest BCUT2D eigenvalue weighted by molar-refractivity contribution is 0.0615. The first-order valence-corrected chi connectivity index (χ1v) is 12.7. The number of nitrogens with one attached hydrogen (secondary N) is 1. The van der Waals surface area contributed by atoms with Gasteiger partial charge in [-0.15, -0.1) is 11.3 Å². The molecule has 36 heavy (non-hydrogen) atoms. The Bertz CT molecular complexity index is 1630. The number of thiazole rings is 1. The molecule has 9 nitrogen and oxygen atoms in total. The number of nitrogens with two attached hydrogens (primary N) is 1. The number of anilines is 1. The van der Waals surface area contributed by atoms with Crippen LogP contribution in [0.2, 0.25) is 5.02 Å². The molecule has 7 rings (SSSR count). The molecule has 0 bridgehead atoms. The molecule has 1 aliphatic carbocycles. The fraction of sp³-hybridized carbons (Fsp3) is 0.348. The van der Waals surface area contributed by atoms with Gasteiger partial charge in [-0.3, -0.25) is 5.10 Å². The van der Waals surface area contributed by atoms with Crippen molar-refractivity contribution < 1.29 is 8.78 Å². The second-order valence-electron chi connectivity index (χ2n) is 9.38. The smallest absolute Gasteiger partial charge is 0.333 e. The van der Waals surface area contributed by atoms with Crippen molar-refractivity contribution in [2.45, 2.75) is 18.9 Å². The molecule has 5 heterocycles. The van der Waals surface area contributed by atoms with Gasteiger partial charge in [0.25, 0.3) is 0 Å². The number of halogens is 3. The van der Waals surface area contributed by atoms with Crippen molar-refractivity contribution in [2.75, 3.05) is 24.5 Å². The van der Waals surface area contributed by atoms with E-state index in [0.717, 1.165) is 29.6 Å². The second kappa shape index (κ2) is 7.64. The van der Waals surface area contributed by atoms with Gasteiger partial charge in [0.1, 0.15) is 22.0 Å². The maximum absolute atomic E-state index is 13.2. The zero-order chi connectivity index (χ0) is 24.8. The molecule has 13 heteroatoms. The van der Waals surface area contributed by atoms with Gasteiger partial charge < -0.3 is 10.6 Å². The van der Waals surface area contributed by atoms with Crippen LogP contribution in [0.5, 0.6) is 0 Å². The maximum atomic E-state index is 13.2. The Labute approximate surface area is 212 Å². The summed E-state index contributed by atoms with van der Waals surface area (Å²) in [5.74, 6) is 1.66. The van der Waals surface area contributed by atoms with Gasteiger partial charge in [0.15, 0.2) is 5.65 Å². The van der Waals surface area contributed by atoms with Crippen LogP contribution in [-0.2, 0) is 5.41 Å². The van der Waals surface area contributed by atoms with Gasteiger partial charge >= 0.3 is 6.55 Å². The molecule has 4 aromatic heterocycles. The predicted octanol–water partition coefficient (Wildman–Crippen LogP) is 4.15. The number of aromatic nitrogens is 7. The number of aromatic amines is 1. The average Bonchev–Trinajstić information content (AvgIpc) is 3.49. The lowest BCUT2D eigenvalue weighted by atomic mass is 10.0. The third-order valence-corrected chi connectivity index (χ3v) is 9.19. The Kier molecular flexibility index (Phi) is 4.67. The predicted molar refractivity (Wildman–Crippen MR) is 133 cm³/mol. The number of aryl methyl sites for hydroxylation is 1. The highest BCUT2D eigenvalue weighted by molar-refractivity contribution is 7.09. The average molecular weight is 528 g/mol. The Hall–Kier alpha value is -3.22. The van der Waals surface area contributed by atoms with Crippen LogP contribution in [0.4, 0.5) is 14.6 Å². The minimum absolute atomic E-state index is 0.0262. The van der Waals surface area contributed by atoms with Gasteiger partial charge in [-0.1, -0.05) is 11.6 Å². The summed E-state index contributed by atoms with van der Waals surface area (Å²) in [5.41, 5.74) is 9.66. The van der Waals surface area contributed by atoms with Crippen molar-refractivity contribution >= 4 is 50.8 Å². The van der Waals surface area contributed by atoms with Gasteiger partial charge in [0.05, 0.1) is 22.9 Å². The van der Waals surface area contributed by atoms with Crippen LogP contribution in [-0.4, -0.2) is 54.6 Å². The molecule has 0 spiro atoms. The third kappa shape index (κ3) is 2.91. The minimum atomic E-state index is -2.75. The molecule has 5 aromatic rings. The molecule has 1 saturated carbocycles. The van der Waals surface area contributed by atoms with Crippen LogP contribution in [0.3, 0.4) is 0 Å². The van der Waals surface area contributed by atoms with Crippen molar-refractivity contribution in [2.24, 2.45) is 17.6 Å². The van der Waals surface area contributed by atoms with Crippen LogP contribution in [0.25, 0.3) is 33.3 Å². The SMILES string of the molecule is Cc1csc([C@]2(CN)[C@@H]3CN(c4cnc5c(-c6ccc7c(cnn7C(F)F)c6Cl)n[nH]c5n4)C[C@@H]32)n1. The molecule has 3 N–H and O–H groups in total. The highest BCUT2D eigenvalue weighted by atomic mass is 35.5. The van der Waals surface area contributed by atoms with E-state index in [1.807, 2.05) is 6.92 Å². The summed E-state index contributed by atoms with van der Waals surface area (Å²) in [7, 11) is 0.